The number of aryl methyl sites for hydroxylation is 1. The van der Waals surface area contributed by atoms with Crippen LogP contribution in [0.4, 0.5) is 8.78 Å². The number of hydrogen-bond donors (Lipinski definition) is 0. The molecular weight excluding hydrogens is 200 g/mol. The fraction of sp³-hybridized carbons (Fsp3) is 0.364. The molecule has 0 saturated carbocycles. The van der Waals surface area contributed by atoms with Gasteiger partial charge in [-0.3, -0.25) is 4.99 Å². The predicted octanol–water partition coefficient (Wildman–Crippen LogP) is 2.32. The second-order valence-corrected chi connectivity index (χ2v) is 3.53. The van der Waals surface area contributed by atoms with E-state index in [-0.39, 0.29) is 6.04 Å². The molecule has 0 aromatic heterocycles. The highest BCUT2D eigenvalue weighted by Gasteiger charge is 2.11. The molecule has 1 aromatic carbocycles. The molecule has 0 amide bonds. The molecule has 1 aliphatic rings. The van der Waals surface area contributed by atoms with Crippen LogP contribution in [0.1, 0.15) is 12.0 Å². The van der Waals surface area contributed by atoms with Gasteiger partial charge in [-0.25, -0.2) is 8.78 Å². The van der Waals surface area contributed by atoms with Crippen molar-refractivity contribution in [3.8, 4) is 0 Å². The third-order valence-electron chi connectivity index (χ3n) is 2.39. The Labute approximate surface area is 86.6 Å². The van der Waals surface area contributed by atoms with Gasteiger partial charge in [0.1, 0.15) is 6.61 Å². The van der Waals surface area contributed by atoms with Crippen molar-refractivity contribution < 1.29 is 13.5 Å². The number of benzene rings is 1. The fourth-order valence-electron chi connectivity index (χ4n) is 1.51. The summed E-state index contributed by atoms with van der Waals surface area (Å²) in [5.41, 5.74) is 0.788. The molecule has 0 N–H and O–H groups in total. The highest BCUT2D eigenvalue weighted by Crippen LogP contribution is 2.13. The standard InChI is InChI=1S/C11H11F2NO/c12-10-4-2-8(5-11(10)13)1-3-9-6-15-7-14-9/h2,4-5,7,9H,1,3,6H2. The number of aliphatic imine (C=N–C) groups is 1. The van der Waals surface area contributed by atoms with Gasteiger partial charge in [-0.05, 0) is 30.5 Å². The topological polar surface area (TPSA) is 21.6 Å². The lowest BCUT2D eigenvalue weighted by molar-refractivity contribution is 0.322. The quantitative estimate of drug-likeness (QED) is 0.751. The second kappa shape index (κ2) is 4.38. The van der Waals surface area contributed by atoms with Crippen LogP contribution >= 0.6 is 0 Å². The molecule has 1 atom stereocenters. The molecule has 0 fully saturated rings. The maximum Gasteiger partial charge on any atom is 0.169 e. The third kappa shape index (κ3) is 2.52. The molecule has 1 unspecified atom stereocenters. The van der Waals surface area contributed by atoms with Gasteiger partial charge in [0.2, 0.25) is 0 Å². The van der Waals surface area contributed by atoms with Gasteiger partial charge in [0.15, 0.2) is 18.0 Å². The predicted molar refractivity (Wildman–Crippen MR) is 52.9 cm³/mol. The first-order valence-electron chi connectivity index (χ1n) is 4.83. The first kappa shape index (κ1) is 10.1. The van der Waals surface area contributed by atoms with Gasteiger partial charge in [0.05, 0.1) is 6.04 Å². The molecule has 1 heterocycles. The van der Waals surface area contributed by atoms with Crippen LogP contribution < -0.4 is 0 Å². The molecule has 4 heteroatoms. The summed E-state index contributed by atoms with van der Waals surface area (Å²) in [4.78, 5) is 4.08. The molecule has 0 spiro atoms. The van der Waals surface area contributed by atoms with E-state index in [1.165, 1.54) is 12.5 Å². The van der Waals surface area contributed by atoms with Gasteiger partial charge < -0.3 is 4.74 Å². The first-order valence-corrected chi connectivity index (χ1v) is 4.83. The third-order valence-corrected chi connectivity index (χ3v) is 2.39. The Hall–Kier alpha value is -1.45. The van der Waals surface area contributed by atoms with E-state index in [4.69, 9.17) is 4.74 Å². The van der Waals surface area contributed by atoms with E-state index in [9.17, 15) is 8.78 Å². The molecule has 80 valence electrons. The lowest BCUT2D eigenvalue weighted by Gasteiger charge is -2.05. The molecule has 0 aliphatic carbocycles. The molecule has 1 aromatic rings. The number of ether oxygens (including phenoxy) is 1. The smallest absolute Gasteiger partial charge is 0.169 e. The van der Waals surface area contributed by atoms with E-state index in [0.29, 0.717) is 13.0 Å². The summed E-state index contributed by atoms with van der Waals surface area (Å²) in [7, 11) is 0. The number of rotatable bonds is 3. The molecule has 0 saturated heterocycles. The Morgan fingerprint density at radius 2 is 2.20 bits per heavy atom. The number of nitrogens with zero attached hydrogens (tertiary/aromatic N) is 1. The summed E-state index contributed by atoms with van der Waals surface area (Å²) in [6, 6.07) is 4.13. The van der Waals surface area contributed by atoms with Crippen molar-refractivity contribution in [3.63, 3.8) is 0 Å². The van der Waals surface area contributed by atoms with Gasteiger partial charge in [-0.1, -0.05) is 6.07 Å². The van der Waals surface area contributed by atoms with Crippen LogP contribution in [0.5, 0.6) is 0 Å². The minimum absolute atomic E-state index is 0.151. The van der Waals surface area contributed by atoms with Crippen molar-refractivity contribution in [1.29, 1.82) is 0 Å². The van der Waals surface area contributed by atoms with Crippen LogP contribution in [0.25, 0.3) is 0 Å². The summed E-state index contributed by atoms with van der Waals surface area (Å²) in [6.07, 6.45) is 2.92. The van der Waals surface area contributed by atoms with Crippen molar-refractivity contribution in [2.75, 3.05) is 6.61 Å². The second-order valence-electron chi connectivity index (χ2n) is 3.53. The Morgan fingerprint density at radius 1 is 1.33 bits per heavy atom. The molecule has 0 radical (unpaired) electrons. The first-order chi connectivity index (χ1) is 7.25. The largest absolute Gasteiger partial charge is 0.481 e. The van der Waals surface area contributed by atoms with E-state index in [2.05, 4.69) is 4.99 Å². The Bertz CT molecular complexity index is 379. The molecule has 0 bridgehead atoms. The van der Waals surface area contributed by atoms with Gasteiger partial charge in [0.25, 0.3) is 0 Å². The zero-order valence-electron chi connectivity index (χ0n) is 8.12. The van der Waals surface area contributed by atoms with E-state index < -0.39 is 11.6 Å². The normalized spacial score (nSPS) is 19.2. The van der Waals surface area contributed by atoms with Gasteiger partial charge in [-0.15, -0.1) is 0 Å². The highest BCUT2D eigenvalue weighted by atomic mass is 19.2. The van der Waals surface area contributed by atoms with E-state index >= 15 is 0 Å². The average Bonchev–Trinajstić information content (AvgIpc) is 2.73. The Kier molecular flexibility index (Phi) is 2.94. The maximum absolute atomic E-state index is 12.9. The van der Waals surface area contributed by atoms with Gasteiger partial charge >= 0.3 is 0 Å². The molecule has 2 nitrogen and oxygen atoms in total. The van der Waals surface area contributed by atoms with E-state index in [1.807, 2.05) is 0 Å². The van der Waals surface area contributed by atoms with Crippen molar-refractivity contribution in [2.24, 2.45) is 4.99 Å². The minimum Gasteiger partial charge on any atom is -0.481 e. The lowest BCUT2D eigenvalue weighted by Crippen LogP contribution is -2.07. The average molecular weight is 211 g/mol. The van der Waals surface area contributed by atoms with E-state index in [0.717, 1.165) is 18.1 Å². The van der Waals surface area contributed by atoms with E-state index in [1.54, 1.807) is 6.07 Å². The van der Waals surface area contributed by atoms with Crippen LogP contribution in [-0.2, 0) is 11.2 Å². The van der Waals surface area contributed by atoms with Crippen LogP contribution in [0, 0.1) is 11.6 Å². The summed E-state index contributed by atoms with van der Waals surface area (Å²) in [5, 5.41) is 0. The summed E-state index contributed by atoms with van der Waals surface area (Å²) >= 11 is 0. The number of halogens is 2. The van der Waals surface area contributed by atoms with Crippen molar-refractivity contribution in [1.82, 2.24) is 0 Å². The van der Waals surface area contributed by atoms with Gasteiger partial charge in [-0.2, -0.15) is 0 Å². The molecule has 2 rings (SSSR count). The fourth-order valence-corrected chi connectivity index (χ4v) is 1.51. The van der Waals surface area contributed by atoms with Crippen LogP contribution in [0.3, 0.4) is 0 Å². The Balaban J connectivity index is 1.93. The van der Waals surface area contributed by atoms with Crippen molar-refractivity contribution in [2.45, 2.75) is 18.9 Å². The molecule has 15 heavy (non-hydrogen) atoms. The molecular formula is C11H11F2NO. The van der Waals surface area contributed by atoms with Crippen molar-refractivity contribution in [3.05, 3.63) is 35.4 Å². The van der Waals surface area contributed by atoms with Crippen LogP contribution in [-0.4, -0.2) is 19.0 Å². The summed E-state index contributed by atoms with van der Waals surface area (Å²) in [5.74, 6) is -1.60. The maximum atomic E-state index is 12.9. The van der Waals surface area contributed by atoms with Crippen LogP contribution in [0.15, 0.2) is 23.2 Å². The Morgan fingerprint density at radius 3 is 2.87 bits per heavy atom. The summed E-state index contributed by atoms with van der Waals surface area (Å²) in [6.45, 7) is 0.587. The van der Waals surface area contributed by atoms with Crippen molar-refractivity contribution >= 4 is 6.40 Å². The lowest BCUT2D eigenvalue weighted by atomic mass is 10.1. The van der Waals surface area contributed by atoms with Crippen LogP contribution in [0.2, 0.25) is 0 Å². The number of hydrogen-bond acceptors (Lipinski definition) is 2. The highest BCUT2D eigenvalue weighted by molar-refractivity contribution is 5.48. The zero-order chi connectivity index (χ0) is 10.7. The zero-order valence-corrected chi connectivity index (χ0v) is 8.12. The van der Waals surface area contributed by atoms with Gasteiger partial charge in [0, 0.05) is 0 Å². The minimum atomic E-state index is -0.805. The SMILES string of the molecule is Fc1ccc(CCC2COC=N2)cc1F. The summed E-state index contributed by atoms with van der Waals surface area (Å²) < 4.78 is 30.4. The molecule has 1 aliphatic heterocycles. The monoisotopic (exact) mass is 211 g/mol.